The third-order valence-electron chi connectivity index (χ3n) is 4.29. The van der Waals surface area contributed by atoms with Crippen molar-refractivity contribution in [1.82, 2.24) is 20.3 Å². The average Bonchev–Trinajstić information content (AvgIpc) is 2.91. The standard InChI is InChI=1S/C19H21N5S/c1-13-12-25-17(22-13)11-21-19-15-7-9-20-10-8-16(15)23-18(24-19)14-5-3-2-4-6-14/h2-6,12,20H,7-11H2,1H3,(H,21,23,24). The SMILES string of the molecule is Cc1csc(CNc2nc(-c3ccccc3)nc3c2CCNCC3)n1. The van der Waals surface area contributed by atoms with E-state index in [9.17, 15) is 0 Å². The number of thiazole rings is 1. The molecule has 0 radical (unpaired) electrons. The van der Waals surface area contributed by atoms with E-state index in [1.54, 1.807) is 11.3 Å². The van der Waals surface area contributed by atoms with Gasteiger partial charge in [0.15, 0.2) is 5.82 Å². The van der Waals surface area contributed by atoms with Crippen LogP contribution in [0, 0.1) is 6.92 Å². The molecular formula is C19H21N5S. The summed E-state index contributed by atoms with van der Waals surface area (Å²) in [7, 11) is 0. The van der Waals surface area contributed by atoms with Crippen LogP contribution < -0.4 is 10.6 Å². The number of benzene rings is 1. The van der Waals surface area contributed by atoms with Crippen molar-refractivity contribution in [3.05, 3.63) is 57.7 Å². The number of hydrogen-bond acceptors (Lipinski definition) is 6. The lowest BCUT2D eigenvalue weighted by Crippen LogP contribution is -2.16. The van der Waals surface area contributed by atoms with Crippen LogP contribution in [0.15, 0.2) is 35.7 Å². The summed E-state index contributed by atoms with van der Waals surface area (Å²) >= 11 is 1.68. The Morgan fingerprint density at radius 1 is 1.08 bits per heavy atom. The summed E-state index contributed by atoms with van der Waals surface area (Å²) in [6.45, 7) is 4.65. The maximum absolute atomic E-state index is 4.86. The van der Waals surface area contributed by atoms with Gasteiger partial charge in [0.1, 0.15) is 10.8 Å². The summed E-state index contributed by atoms with van der Waals surface area (Å²) in [5, 5.41) is 10.1. The maximum atomic E-state index is 4.86. The van der Waals surface area contributed by atoms with Crippen molar-refractivity contribution >= 4 is 17.2 Å². The molecular weight excluding hydrogens is 330 g/mol. The number of aryl methyl sites for hydroxylation is 1. The van der Waals surface area contributed by atoms with E-state index < -0.39 is 0 Å². The van der Waals surface area contributed by atoms with Gasteiger partial charge in [0, 0.05) is 35.2 Å². The molecule has 1 aromatic carbocycles. The predicted octanol–water partition coefficient (Wildman–Crippen LogP) is 3.21. The second kappa shape index (κ2) is 7.29. The number of nitrogens with zero attached hydrogens (tertiary/aromatic N) is 3. The first-order valence-electron chi connectivity index (χ1n) is 8.60. The molecule has 0 spiro atoms. The molecule has 0 amide bonds. The van der Waals surface area contributed by atoms with Crippen molar-refractivity contribution in [2.75, 3.05) is 18.4 Å². The van der Waals surface area contributed by atoms with Gasteiger partial charge in [-0.15, -0.1) is 11.3 Å². The summed E-state index contributed by atoms with van der Waals surface area (Å²) in [6, 6.07) is 10.2. The first kappa shape index (κ1) is 16.2. The van der Waals surface area contributed by atoms with E-state index in [1.807, 2.05) is 25.1 Å². The second-order valence-corrected chi connectivity index (χ2v) is 7.12. The lowest BCUT2D eigenvalue weighted by molar-refractivity contribution is 0.708. The molecule has 5 nitrogen and oxygen atoms in total. The van der Waals surface area contributed by atoms with E-state index in [0.29, 0.717) is 6.54 Å². The van der Waals surface area contributed by atoms with E-state index in [4.69, 9.17) is 9.97 Å². The highest BCUT2D eigenvalue weighted by molar-refractivity contribution is 7.09. The van der Waals surface area contributed by atoms with Gasteiger partial charge in [0.2, 0.25) is 0 Å². The molecule has 1 aliphatic rings. The Kier molecular flexibility index (Phi) is 4.72. The van der Waals surface area contributed by atoms with E-state index in [-0.39, 0.29) is 0 Å². The van der Waals surface area contributed by atoms with Crippen LogP contribution in [-0.2, 0) is 19.4 Å². The number of hydrogen-bond donors (Lipinski definition) is 2. The zero-order chi connectivity index (χ0) is 17.1. The molecule has 0 bridgehead atoms. The van der Waals surface area contributed by atoms with Gasteiger partial charge in [-0.2, -0.15) is 0 Å². The lowest BCUT2D eigenvalue weighted by Gasteiger charge is -2.14. The van der Waals surface area contributed by atoms with Crippen LogP contribution in [0.4, 0.5) is 5.82 Å². The van der Waals surface area contributed by atoms with Gasteiger partial charge in [0.05, 0.1) is 12.2 Å². The molecule has 128 valence electrons. The Labute approximate surface area is 151 Å². The predicted molar refractivity (Wildman–Crippen MR) is 102 cm³/mol. The minimum Gasteiger partial charge on any atom is -0.363 e. The molecule has 3 aromatic rings. The molecule has 25 heavy (non-hydrogen) atoms. The Morgan fingerprint density at radius 3 is 2.72 bits per heavy atom. The first-order chi connectivity index (χ1) is 12.3. The molecule has 0 unspecified atom stereocenters. The third kappa shape index (κ3) is 3.70. The summed E-state index contributed by atoms with van der Waals surface area (Å²) < 4.78 is 0. The highest BCUT2D eigenvalue weighted by atomic mass is 32.1. The van der Waals surface area contributed by atoms with Crippen molar-refractivity contribution in [1.29, 1.82) is 0 Å². The molecule has 0 fully saturated rings. The highest BCUT2D eigenvalue weighted by Crippen LogP contribution is 2.25. The molecule has 6 heteroatoms. The normalized spacial score (nSPS) is 14.0. The smallest absolute Gasteiger partial charge is 0.161 e. The van der Waals surface area contributed by atoms with E-state index in [2.05, 4.69) is 33.1 Å². The van der Waals surface area contributed by atoms with Crippen molar-refractivity contribution in [2.24, 2.45) is 0 Å². The van der Waals surface area contributed by atoms with Crippen LogP contribution in [0.5, 0.6) is 0 Å². The maximum Gasteiger partial charge on any atom is 0.161 e. The molecule has 0 atom stereocenters. The fraction of sp³-hybridized carbons (Fsp3) is 0.316. The lowest BCUT2D eigenvalue weighted by atomic mass is 10.1. The van der Waals surface area contributed by atoms with Gasteiger partial charge < -0.3 is 10.6 Å². The molecule has 0 aliphatic carbocycles. The van der Waals surface area contributed by atoms with Crippen LogP contribution in [0.3, 0.4) is 0 Å². The van der Waals surface area contributed by atoms with Gasteiger partial charge in [-0.1, -0.05) is 30.3 Å². The van der Waals surface area contributed by atoms with Crippen molar-refractivity contribution in [3.8, 4) is 11.4 Å². The van der Waals surface area contributed by atoms with Crippen LogP contribution in [0.2, 0.25) is 0 Å². The zero-order valence-electron chi connectivity index (χ0n) is 14.2. The van der Waals surface area contributed by atoms with Gasteiger partial charge >= 0.3 is 0 Å². The third-order valence-corrected chi connectivity index (χ3v) is 5.26. The molecule has 4 rings (SSSR count). The summed E-state index contributed by atoms with van der Waals surface area (Å²) in [4.78, 5) is 14.2. The fourth-order valence-electron chi connectivity index (χ4n) is 3.05. The highest BCUT2D eigenvalue weighted by Gasteiger charge is 2.17. The molecule has 2 N–H and O–H groups in total. The Bertz CT molecular complexity index is 860. The van der Waals surface area contributed by atoms with Crippen LogP contribution in [0.1, 0.15) is 22.0 Å². The van der Waals surface area contributed by atoms with Crippen LogP contribution in [0.25, 0.3) is 11.4 Å². The average molecular weight is 351 g/mol. The molecule has 0 saturated carbocycles. The summed E-state index contributed by atoms with van der Waals surface area (Å²) in [5.41, 5.74) is 4.50. The van der Waals surface area contributed by atoms with Crippen molar-refractivity contribution in [3.63, 3.8) is 0 Å². The number of aromatic nitrogens is 3. The molecule has 0 saturated heterocycles. The van der Waals surface area contributed by atoms with E-state index in [0.717, 1.165) is 59.5 Å². The van der Waals surface area contributed by atoms with E-state index in [1.165, 1.54) is 5.56 Å². The zero-order valence-corrected chi connectivity index (χ0v) is 15.1. The monoisotopic (exact) mass is 351 g/mol. The topological polar surface area (TPSA) is 62.7 Å². The number of anilines is 1. The quantitative estimate of drug-likeness (QED) is 0.756. The fourth-order valence-corrected chi connectivity index (χ4v) is 3.76. The van der Waals surface area contributed by atoms with Gasteiger partial charge in [-0.25, -0.2) is 15.0 Å². The van der Waals surface area contributed by atoms with Crippen LogP contribution >= 0.6 is 11.3 Å². The summed E-state index contributed by atoms with van der Waals surface area (Å²) in [5.74, 6) is 1.74. The number of rotatable bonds is 4. The largest absolute Gasteiger partial charge is 0.363 e. The number of fused-ring (bicyclic) bond motifs is 1. The van der Waals surface area contributed by atoms with Crippen molar-refractivity contribution in [2.45, 2.75) is 26.3 Å². The first-order valence-corrected chi connectivity index (χ1v) is 9.48. The van der Waals surface area contributed by atoms with E-state index >= 15 is 0 Å². The minimum absolute atomic E-state index is 0.698. The minimum atomic E-state index is 0.698. The van der Waals surface area contributed by atoms with Gasteiger partial charge in [-0.3, -0.25) is 0 Å². The van der Waals surface area contributed by atoms with Crippen LogP contribution in [-0.4, -0.2) is 28.0 Å². The Morgan fingerprint density at radius 2 is 1.92 bits per heavy atom. The second-order valence-electron chi connectivity index (χ2n) is 6.17. The molecule has 3 heterocycles. The summed E-state index contributed by atoms with van der Waals surface area (Å²) in [6.07, 6.45) is 1.88. The Balaban J connectivity index is 1.69. The van der Waals surface area contributed by atoms with Gasteiger partial charge in [-0.05, 0) is 19.9 Å². The Hall–Kier alpha value is -2.31. The van der Waals surface area contributed by atoms with Gasteiger partial charge in [0.25, 0.3) is 0 Å². The number of nitrogens with one attached hydrogen (secondary N) is 2. The molecule has 1 aliphatic heterocycles. The molecule has 2 aromatic heterocycles. The van der Waals surface area contributed by atoms with Crippen molar-refractivity contribution < 1.29 is 0 Å².